The van der Waals surface area contributed by atoms with Gasteiger partial charge in [-0.3, -0.25) is 9.59 Å². The average molecular weight is 388 g/mol. The molecule has 2 aromatic carbocycles. The summed E-state index contributed by atoms with van der Waals surface area (Å²) < 4.78 is 16.5. The van der Waals surface area contributed by atoms with Crippen molar-refractivity contribution >= 4 is 23.5 Å². The van der Waals surface area contributed by atoms with E-state index in [4.69, 9.17) is 25.8 Å². The van der Waals surface area contributed by atoms with Gasteiger partial charge in [0.15, 0.2) is 11.5 Å². The van der Waals surface area contributed by atoms with E-state index in [9.17, 15) is 9.59 Å². The van der Waals surface area contributed by atoms with Gasteiger partial charge in [-0.05, 0) is 35.4 Å². The van der Waals surface area contributed by atoms with Crippen molar-refractivity contribution < 1.29 is 23.8 Å². The minimum Gasteiger partial charge on any atom is -0.486 e. The first-order valence-electron chi connectivity index (χ1n) is 8.71. The summed E-state index contributed by atoms with van der Waals surface area (Å²) in [6.45, 7) is 1.32. The Balaban J connectivity index is 1.48. The molecule has 140 valence electrons. The molecule has 0 aromatic heterocycles. The summed E-state index contributed by atoms with van der Waals surface area (Å²) in [6.07, 6.45) is -0.593. The average Bonchev–Trinajstić information content (AvgIpc) is 3.09. The topological polar surface area (TPSA) is 73.9 Å². The van der Waals surface area contributed by atoms with Gasteiger partial charge < -0.3 is 19.5 Å². The van der Waals surface area contributed by atoms with E-state index in [1.807, 2.05) is 12.1 Å². The number of halogens is 1. The van der Waals surface area contributed by atoms with E-state index in [2.05, 4.69) is 5.32 Å². The normalized spacial score (nSPS) is 20.9. The van der Waals surface area contributed by atoms with Crippen LogP contribution < -0.4 is 14.8 Å². The van der Waals surface area contributed by atoms with Crippen molar-refractivity contribution in [3.8, 4) is 11.5 Å². The summed E-state index contributed by atoms with van der Waals surface area (Å²) in [5.41, 5.74) is 1.64. The van der Waals surface area contributed by atoms with Crippen molar-refractivity contribution in [2.45, 2.75) is 19.1 Å². The van der Waals surface area contributed by atoms with E-state index < -0.39 is 12.0 Å². The van der Waals surface area contributed by atoms with Gasteiger partial charge in [-0.15, -0.1) is 0 Å². The number of amides is 1. The Morgan fingerprint density at radius 2 is 1.81 bits per heavy atom. The predicted octanol–water partition coefficient (Wildman–Crippen LogP) is 3.03. The minimum absolute atomic E-state index is 0.0472. The number of esters is 1. The summed E-state index contributed by atoms with van der Waals surface area (Å²) in [5, 5.41) is 3.51. The molecule has 1 fully saturated rings. The monoisotopic (exact) mass is 387 g/mol. The number of rotatable bonds is 4. The van der Waals surface area contributed by atoms with Crippen molar-refractivity contribution in [2.75, 3.05) is 13.2 Å². The zero-order chi connectivity index (χ0) is 18.8. The summed E-state index contributed by atoms with van der Waals surface area (Å²) in [6, 6.07) is 12.6. The van der Waals surface area contributed by atoms with Gasteiger partial charge in [-0.1, -0.05) is 29.8 Å². The van der Waals surface area contributed by atoms with Gasteiger partial charge in [0, 0.05) is 11.6 Å². The van der Waals surface area contributed by atoms with Crippen molar-refractivity contribution in [1.29, 1.82) is 0 Å². The molecule has 0 aliphatic carbocycles. The van der Waals surface area contributed by atoms with Crippen LogP contribution in [0, 0.1) is 5.92 Å². The van der Waals surface area contributed by atoms with E-state index in [0.717, 1.165) is 11.1 Å². The second-order valence-electron chi connectivity index (χ2n) is 6.47. The SMILES string of the molecule is O=C1C[C@@H](C(=O)NCc2ccc(Cl)cc2)[C@H](c2ccc3c(c2)OCCO3)O1. The lowest BCUT2D eigenvalue weighted by atomic mass is 9.94. The third-order valence-corrected chi connectivity index (χ3v) is 4.87. The smallest absolute Gasteiger partial charge is 0.307 e. The molecule has 1 amide bonds. The number of carbonyl (C=O) groups is 2. The van der Waals surface area contributed by atoms with Gasteiger partial charge in [0.2, 0.25) is 5.91 Å². The van der Waals surface area contributed by atoms with Gasteiger partial charge in [0.1, 0.15) is 19.3 Å². The van der Waals surface area contributed by atoms with Gasteiger partial charge in [0.05, 0.1) is 12.3 Å². The fourth-order valence-electron chi connectivity index (χ4n) is 3.25. The Hall–Kier alpha value is -2.73. The molecule has 2 aliphatic rings. The number of cyclic esters (lactones) is 1. The Morgan fingerprint density at radius 1 is 1.07 bits per heavy atom. The van der Waals surface area contributed by atoms with Gasteiger partial charge in [-0.2, -0.15) is 0 Å². The highest BCUT2D eigenvalue weighted by molar-refractivity contribution is 6.30. The summed E-state index contributed by atoms with van der Waals surface area (Å²) >= 11 is 5.87. The predicted molar refractivity (Wildman–Crippen MR) is 97.7 cm³/mol. The summed E-state index contributed by atoms with van der Waals surface area (Å²) in [4.78, 5) is 24.5. The zero-order valence-corrected chi connectivity index (χ0v) is 15.2. The molecule has 0 unspecified atom stereocenters. The molecule has 0 saturated carbocycles. The first kappa shape index (κ1) is 17.7. The number of fused-ring (bicyclic) bond motifs is 1. The maximum atomic E-state index is 12.7. The second kappa shape index (κ2) is 7.48. The quantitative estimate of drug-likeness (QED) is 0.816. The first-order valence-corrected chi connectivity index (χ1v) is 9.09. The van der Waals surface area contributed by atoms with Crippen LogP contribution in [-0.2, 0) is 20.9 Å². The van der Waals surface area contributed by atoms with Gasteiger partial charge in [0.25, 0.3) is 0 Å². The third kappa shape index (κ3) is 3.85. The number of carbonyl (C=O) groups excluding carboxylic acids is 2. The Kier molecular flexibility index (Phi) is 4.90. The Labute approximate surface area is 161 Å². The van der Waals surface area contributed by atoms with Crippen LogP contribution in [0.1, 0.15) is 23.7 Å². The zero-order valence-electron chi connectivity index (χ0n) is 14.4. The molecule has 2 heterocycles. The molecule has 6 nitrogen and oxygen atoms in total. The molecule has 0 bridgehead atoms. The van der Waals surface area contributed by atoms with Crippen molar-refractivity contribution in [1.82, 2.24) is 5.32 Å². The number of nitrogens with one attached hydrogen (secondary N) is 1. The van der Waals surface area contributed by atoms with Crippen LogP contribution >= 0.6 is 11.6 Å². The van der Waals surface area contributed by atoms with E-state index >= 15 is 0 Å². The second-order valence-corrected chi connectivity index (χ2v) is 6.90. The van der Waals surface area contributed by atoms with Crippen LogP contribution in [0.15, 0.2) is 42.5 Å². The van der Waals surface area contributed by atoms with Crippen LogP contribution in [0.4, 0.5) is 0 Å². The van der Waals surface area contributed by atoms with Crippen LogP contribution in [-0.4, -0.2) is 25.1 Å². The molecular weight excluding hydrogens is 370 g/mol. The van der Waals surface area contributed by atoms with Crippen molar-refractivity contribution in [3.05, 3.63) is 58.6 Å². The number of ether oxygens (including phenoxy) is 3. The highest BCUT2D eigenvalue weighted by Crippen LogP contribution is 2.40. The molecular formula is C20H18ClNO5. The van der Waals surface area contributed by atoms with Crippen LogP contribution in [0.25, 0.3) is 0 Å². The lowest BCUT2D eigenvalue weighted by molar-refractivity contribution is -0.141. The molecule has 2 aliphatic heterocycles. The van der Waals surface area contributed by atoms with E-state index in [1.165, 1.54) is 0 Å². The molecule has 27 heavy (non-hydrogen) atoms. The minimum atomic E-state index is -0.640. The van der Waals surface area contributed by atoms with Gasteiger partial charge >= 0.3 is 5.97 Å². The fraction of sp³-hybridized carbons (Fsp3) is 0.300. The molecule has 4 rings (SSSR count). The molecule has 1 saturated heterocycles. The Bertz CT molecular complexity index is 867. The van der Waals surface area contributed by atoms with Gasteiger partial charge in [-0.25, -0.2) is 0 Å². The van der Waals surface area contributed by atoms with E-state index in [0.29, 0.717) is 36.3 Å². The van der Waals surface area contributed by atoms with Crippen LogP contribution in [0.2, 0.25) is 5.02 Å². The maximum Gasteiger partial charge on any atom is 0.307 e. The molecule has 2 aromatic rings. The maximum absolute atomic E-state index is 12.7. The number of benzene rings is 2. The highest BCUT2D eigenvalue weighted by atomic mass is 35.5. The van der Waals surface area contributed by atoms with Crippen LogP contribution in [0.3, 0.4) is 0 Å². The van der Waals surface area contributed by atoms with E-state index in [-0.39, 0.29) is 18.3 Å². The molecule has 2 atom stereocenters. The van der Waals surface area contributed by atoms with E-state index in [1.54, 1.807) is 30.3 Å². The van der Waals surface area contributed by atoms with Crippen molar-refractivity contribution in [3.63, 3.8) is 0 Å². The van der Waals surface area contributed by atoms with Crippen LogP contribution in [0.5, 0.6) is 11.5 Å². The first-order chi connectivity index (χ1) is 13.1. The molecule has 1 N–H and O–H groups in total. The molecule has 0 radical (unpaired) electrons. The van der Waals surface area contributed by atoms with Crippen molar-refractivity contribution in [2.24, 2.45) is 5.92 Å². The standard InChI is InChI=1S/C20H18ClNO5/c21-14-4-1-12(2-5-14)11-22-20(24)15-10-18(23)27-19(15)13-3-6-16-17(9-13)26-8-7-25-16/h1-6,9,15,19H,7-8,10-11H2,(H,22,24)/t15-,19+/m1/s1. The molecule has 0 spiro atoms. The lowest BCUT2D eigenvalue weighted by Gasteiger charge is -2.22. The lowest BCUT2D eigenvalue weighted by Crippen LogP contribution is -2.32. The largest absolute Gasteiger partial charge is 0.486 e. The number of hydrogen-bond acceptors (Lipinski definition) is 5. The number of hydrogen-bond donors (Lipinski definition) is 1. The summed E-state index contributed by atoms with van der Waals surface area (Å²) in [5.74, 6) is 0.0460. The summed E-state index contributed by atoms with van der Waals surface area (Å²) in [7, 11) is 0. The fourth-order valence-corrected chi connectivity index (χ4v) is 3.37. The Morgan fingerprint density at radius 3 is 2.59 bits per heavy atom. The highest BCUT2D eigenvalue weighted by Gasteiger charge is 2.41. The third-order valence-electron chi connectivity index (χ3n) is 4.62. The molecule has 7 heteroatoms.